The fourth-order valence-corrected chi connectivity index (χ4v) is 8.32. The summed E-state index contributed by atoms with van der Waals surface area (Å²) in [4.78, 5) is 23.0. The van der Waals surface area contributed by atoms with Gasteiger partial charge >= 0.3 is 13.8 Å². The summed E-state index contributed by atoms with van der Waals surface area (Å²) in [6, 6.07) is 0. The van der Waals surface area contributed by atoms with E-state index in [4.69, 9.17) is 18.5 Å². The van der Waals surface area contributed by atoms with Crippen molar-refractivity contribution in [2.75, 3.05) is 54.1 Å². The molecule has 0 aromatic rings. The van der Waals surface area contributed by atoms with Crippen LogP contribution in [0.15, 0.2) is 72.9 Å². The molecule has 1 N–H and O–H groups in total. The molecule has 2 atom stereocenters. The van der Waals surface area contributed by atoms with Crippen LogP contribution in [0.5, 0.6) is 0 Å². The van der Waals surface area contributed by atoms with Crippen LogP contribution in [-0.4, -0.2) is 75.6 Å². The van der Waals surface area contributed by atoms with Crippen molar-refractivity contribution in [3.63, 3.8) is 0 Å². The van der Waals surface area contributed by atoms with Crippen molar-refractivity contribution in [3.8, 4) is 0 Å². The molecule has 67 heavy (non-hydrogen) atoms. The number of likely N-dealkylation sites (N-methyl/N-ethyl adjacent to an activating group) is 1. The Balaban J connectivity index is 4.14. The third kappa shape index (κ3) is 54.7. The number of hydrogen-bond donors (Lipinski definition) is 1. The number of carbonyl (C=O) groups excluding carboxylic acids is 1. The molecule has 2 unspecified atom stereocenters. The molecule has 0 aliphatic heterocycles. The topological polar surface area (TPSA) is 91.3 Å². The van der Waals surface area contributed by atoms with Gasteiger partial charge in [-0.25, -0.2) is 4.57 Å². The maximum Gasteiger partial charge on any atom is 0.472 e. The van der Waals surface area contributed by atoms with E-state index in [-0.39, 0.29) is 26.2 Å². The highest BCUT2D eigenvalue weighted by Crippen LogP contribution is 2.43. The lowest BCUT2D eigenvalue weighted by molar-refractivity contribution is -0.870. The summed E-state index contributed by atoms with van der Waals surface area (Å²) < 4.78 is 35.1. The van der Waals surface area contributed by atoms with E-state index >= 15 is 0 Å². The molecule has 0 aromatic heterocycles. The fraction of sp³-hybridized carbons (Fsp3) is 0.776. The minimum Gasteiger partial charge on any atom is -0.457 e. The van der Waals surface area contributed by atoms with E-state index in [9.17, 15) is 14.3 Å². The number of nitrogens with zero attached hydrogens (tertiary/aromatic N) is 1. The highest BCUT2D eigenvalue weighted by molar-refractivity contribution is 7.47. The molecule has 0 fully saturated rings. The Morgan fingerprint density at radius 3 is 1.21 bits per heavy atom. The molecule has 8 nitrogen and oxygen atoms in total. The maximum atomic E-state index is 12.7. The highest BCUT2D eigenvalue weighted by atomic mass is 31.2. The van der Waals surface area contributed by atoms with E-state index in [0.29, 0.717) is 24.1 Å². The summed E-state index contributed by atoms with van der Waals surface area (Å²) >= 11 is 0. The van der Waals surface area contributed by atoms with Gasteiger partial charge in [0.1, 0.15) is 19.3 Å². The van der Waals surface area contributed by atoms with Crippen molar-refractivity contribution < 1.29 is 37.3 Å². The van der Waals surface area contributed by atoms with Crippen LogP contribution in [-0.2, 0) is 27.9 Å². The van der Waals surface area contributed by atoms with Gasteiger partial charge in [-0.05, 0) is 51.4 Å². The Morgan fingerprint density at radius 1 is 0.478 bits per heavy atom. The zero-order valence-corrected chi connectivity index (χ0v) is 45.3. The number of quaternary nitrogens is 1. The van der Waals surface area contributed by atoms with Crippen LogP contribution in [0.25, 0.3) is 0 Å². The van der Waals surface area contributed by atoms with Gasteiger partial charge in [-0.1, -0.05) is 247 Å². The Bertz CT molecular complexity index is 1300. The summed E-state index contributed by atoms with van der Waals surface area (Å²) in [5.41, 5.74) is 0. The molecule has 0 aliphatic rings. The summed E-state index contributed by atoms with van der Waals surface area (Å²) in [6.45, 7) is 5.43. The Morgan fingerprint density at radius 2 is 0.836 bits per heavy atom. The van der Waals surface area contributed by atoms with Crippen LogP contribution in [0.4, 0.5) is 0 Å². The molecule has 0 spiro atoms. The van der Waals surface area contributed by atoms with E-state index < -0.39 is 19.9 Å². The number of carbonyl (C=O) groups is 1. The maximum absolute atomic E-state index is 12.7. The van der Waals surface area contributed by atoms with Gasteiger partial charge in [0.15, 0.2) is 0 Å². The van der Waals surface area contributed by atoms with Crippen LogP contribution in [0, 0.1) is 0 Å². The smallest absolute Gasteiger partial charge is 0.457 e. The van der Waals surface area contributed by atoms with Crippen LogP contribution < -0.4 is 0 Å². The van der Waals surface area contributed by atoms with Crippen LogP contribution in [0.1, 0.15) is 232 Å². The van der Waals surface area contributed by atoms with Gasteiger partial charge in [0, 0.05) is 13.0 Å². The van der Waals surface area contributed by atoms with Crippen molar-refractivity contribution in [2.24, 2.45) is 0 Å². The lowest BCUT2D eigenvalue weighted by Gasteiger charge is -2.24. The predicted molar refractivity (Wildman–Crippen MR) is 288 cm³/mol. The first-order valence-corrected chi connectivity index (χ1v) is 29.2. The van der Waals surface area contributed by atoms with Gasteiger partial charge in [-0.2, -0.15) is 0 Å². The Hall–Kier alpha value is -2.06. The molecule has 0 bridgehead atoms. The second kappa shape index (κ2) is 50.3. The second-order valence-corrected chi connectivity index (χ2v) is 21.0. The number of unbranched alkanes of at least 4 members (excludes halogenated alkanes) is 25. The van der Waals surface area contributed by atoms with Gasteiger partial charge in [0.2, 0.25) is 0 Å². The number of phosphoric acid groups is 1. The predicted octanol–water partition coefficient (Wildman–Crippen LogP) is 17.4. The first-order chi connectivity index (χ1) is 32.6. The lowest BCUT2D eigenvalue weighted by Crippen LogP contribution is -2.37. The summed E-state index contributed by atoms with van der Waals surface area (Å²) in [5.74, 6) is -0.393. The Kier molecular flexibility index (Phi) is 48.8. The first-order valence-electron chi connectivity index (χ1n) is 27.7. The van der Waals surface area contributed by atoms with Crippen molar-refractivity contribution in [1.29, 1.82) is 0 Å². The summed E-state index contributed by atoms with van der Waals surface area (Å²) in [7, 11) is 1.62. The van der Waals surface area contributed by atoms with E-state index in [1.165, 1.54) is 154 Å². The van der Waals surface area contributed by atoms with Crippen LogP contribution in [0.3, 0.4) is 0 Å². The van der Waals surface area contributed by atoms with Gasteiger partial charge in [0.25, 0.3) is 0 Å². The molecule has 0 amide bonds. The molecule has 9 heteroatoms. The molecule has 0 aromatic carbocycles. The van der Waals surface area contributed by atoms with Gasteiger partial charge in [-0.15, -0.1) is 0 Å². The SMILES string of the molecule is CC/C=C\C/C=C\C/C=C\C/C=C\C/C=C\C/C=C\CCC(=O)OC(COCCCCCCCCCCCCCCCCCCCCCCCCCCCC)COP(=O)(O)OCC[N+](C)(C)C. The number of rotatable bonds is 51. The third-order valence-electron chi connectivity index (χ3n) is 11.8. The quantitative estimate of drug-likeness (QED) is 0.0213. The molecule has 0 rings (SSSR count). The number of phosphoric ester groups is 1. The van der Waals surface area contributed by atoms with E-state index in [2.05, 4.69) is 74.6 Å². The first kappa shape index (κ1) is 64.9. The molecule has 0 aliphatic carbocycles. The number of hydrogen-bond acceptors (Lipinski definition) is 6. The van der Waals surface area contributed by atoms with Crippen LogP contribution >= 0.6 is 7.82 Å². The number of ether oxygens (including phenoxy) is 2. The summed E-state index contributed by atoms with van der Waals surface area (Å²) in [6.07, 6.45) is 67.1. The summed E-state index contributed by atoms with van der Waals surface area (Å²) in [5, 5.41) is 0. The highest BCUT2D eigenvalue weighted by Gasteiger charge is 2.26. The van der Waals surface area contributed by atoms with E-state index in [1.54, 1.807) is 0 Å². The van der Waals surface area contributed by atoms with Gasteiger partial charge < -0.3 is 18.9 Å². The van der Waals surface area contributed by atoms with Crippen molar-refractivity contribution >= 4 is 13.8 Å². The van der Waals surface area contributed by atoms with Crippen LogP contribution in [0.2, 0.25) is 0 Å². The molecule has 0 saturated heterocycles. The third-order valence-corrected chi connectivity index (χ3v) is 12.8. The van der Waals surface area contributed by atoms with Gasteiger partial charge in [-0.3, -0.25) is 13.8 Å². The minimum absolute atomic E-state index is 0.0732. The zero-order valence-electron chi connectivity index (χ0n) is 44.4. The number of esters is 1. The van der Waals surface area contributed by atoms with E-state index in [1.807, 2.05) is 33.3 Å². The fourth-order valence-electron chi connectivity index (χ4n) is 7.58. The number of allylic oxidation sites excluding steroid dienone is 12. The largest absolute Gasteiger partial charge is 0.472 e. The van der Waals surface area contributed by atoms with Gasteiger partial charge in [0.05, 0.1) is 34.4 Å². The van der Waals surface area contributed by atoms with Crippen molar-refractivity contribution in [1.82, 2.24) is 0 Å². The zero-order chi connectivity index (χ0) is 49.0. The Labute approximate surface area is 414 Å². The van der Waals surface area contributed by atoms with E-state index in [0.717, 1.165) is 51.4 Å². The molecular weight excluding hydrogens is 854 g/mol. The average Bonchev–Trinajstić information content (AvgIpc) is 3.29. The minimum atomic E-state index is -4.31. The second-order valence-electron chi connectivity index (χ2n) is 19.6. The standard InChI is InChI=1S/C58H106NO7P/c1-6-8-10-12-14-16-18-20-22-24-26-27-28-29-30-31-32-34-36-38-40-42-44-46-48-50-53-63-55-57(56-65-67(61,62)64-54-52-59(3,4)5)66-58(60)51-49-47-45-43-41-39-37-35-33-25-23-21-19-17-15-13-11-9-7-2/h9,11,15,17,21,23,33,35,39,41,45,47,57H,6-8,10,12-14,16,18-20,22,24-32,34,36-38,40,42-44,46,48-56H2,1-5H3/p+1/b11-9-,17-15-,23-21-,35-33-,41-39-,47-45-. The van der Waals surface area contributed by atoms with Crippen molar-refractivity contribution in [3.05, 3.63) is 72.9 Å². The normalized spacial score (nSPS) is 14.1. The molecule has 0 heterocycles. The van der Waals surface area contributed by atoms with Crippen molar-refractivity contribution in [2.45, 2.75) is 238 Å². The monoisotopic (exact) mass is 961 g/mol. The molecule has 390 valence electrons. The molecule has 0 radical (unpaired) electrons. The molecular formula is C58H107NO7P+. The molecule has 0 saturated carbocycles. The average molecular weight is 961 g/mol. The lowest BCUT2D eigenvalue weighted by atomic mass is 10.0.